The molecule has 1 rings (SSSR count). The number of aromatic nitrogens is 2. The third-order valence-corrected chi connectivity index (χ3v) is 1.11. The van der Waals surface area contributed by atoms with Gasteiger partial charge in [-0.2, -0.15) is 0 Å². The molecule has 1 heterocycles. The van der Waals surface area contributed by atoms with Crippen LogP contribution in [-0.4, -0.2) is 33.5 Å². The molecule has 1 aromatic rings. The molecule has 72 valence electrons. The Balaban J connectivity index is 0.00000144. The lowest BCUT2D eigenvalue weighted by Gasteiger charge is -1.96. The molecule has 0 radical (unpaired) electrons. The van der Waals surface area contributed by atoms with Crippen molar-refractivity contribution < 1.29 is 14.7 Å². The molecule has 0 atom stereocenters. The molecule has 0 spiro atoms. The molecule has 0 saturated heterocycles. The maximum absolute atomic E-state index is 10.9. The quantitative estimate of drug-likeness (QED) is 0.628. The SMILES string of the molecule is Cl.O=C(O)CNC(=O)c1ncc[nH]1. The first-order valence-electron chi connectivity index (χ1n) is 3.19. The fourth-order valence-electron chi connectivity index (χ4n) is 0.629. The highest BCUT2D eigenvalue weighted by Gasteiger charge is 2.07. The minimum absolute atomic E-state index is 0. The van der Waals surface area contributed by atoms with Crippen molar-refractivity contribution in [1.29, 1.82) is 0 Å². The van der Waals surface area contributed by atoms with Crippen molar-refractivity contribution >= 4 is 24.3 Å². The molecular weight excluding hydrogens is 198 g/mol. The highest BCUT2D eigenvalue weighted by Crippen LogP contribution is 1.86. The number of carbonyl (C=O) groups excluding carboxylic acids is 1. The number of nitrogens with zero attached hydrogens (tertiary/aromatic N) is 1. The Morgan fingerprint density at radius 3 is 2.77 bits per heavy atom. The summed E-state index contributed by atoms with van der Waals surface area (Å²) in [6.07, 6.45) is 2.89. The second-order valence-corrected chi connectivity index (χ2v) is 2.01. The van der Waals surface area contributed by atoms with Crippen molar-refractivity contribution in [1.82, 2.24) is 15.3 Å². The molecular formula is C6H8ClN3O3. The van der Waals surface area contributed by atoms with E-state index in [4.69, 9.17) is 5.11 Å². The first kappa shape index (κ1) is 11.4. The molecule has 0 unspecified atom stereocenters. The van der Waals surface area contributed by atoms with E-state index in [-0.39, 0.29) is 18.2 Å². The minimum atomic E-state index is -1.09. The van der Waals surface area contributed by atoms with E-state index in [0.29, 0.717) is 0 Å². The van der Waals surface area contributed by atoms with Gasteiger partial charge in [-0.1, -0.05) is 0 Å². The van der Waals surface area contributed by atoms with Gasteiger partial charge < -0.3 is 15.4 Å². The van der Waals surface area contributed by atoms with Gasteiger partial charge in [0.25, 0.3) is 5.91 Å². The molecule has 3 N–H and O–H groups in total. The smallest absolute Gasteiger partial charge is 0.322 e. The standard InChI is InChI=1S/C6H7N3O3.ClH/c10-4(11)3-9-6(12)5-7-1-2-8-5;/h1-2H,3H2,(H,7,8)(H,9,12)(H,10,11);1H. The Bertz CT molecular complexity index is 285. The van der Waals surface area contributed by atoms with Crippen LogP contribution in [0.1, 0.15) is 10.6 Å². The number of hydrogen-bond donors (Lipinski definition) is 3. The maximum atomic E-state index is 10.9. The molecule has 7 heteroatoms. The topological polar surface area (TPSA) is 95.1 Å². The van der Waals surface area contributed by atoms with Gasteiger partial charge in [-0.05, 0) is 0 Å². The summed E-state index contributed by atoms with van der Waals surface area (Å²) in [6.45, 7) is -0.403. The van der Waals surface area contributed by atoms with E-state index < -0.39 is 18.4 Å². The molecule has 1 amide bonds. The Kier molecular flexibility index (Phi) is 4.53. The fourth-order valence-corrected chi connectivity index (χ4v) is 0.629. The summed E-state index contributed by atoms with van der Waals surface area (Å²) in [4.78, 5) is 27.1. The number of aromatic amines is 1. The van der Waals surface area contributed by atoms with Crippen LogP contribution in [0.25, 0.3) is 0 Å². The fraction of sp³-hybridized carbons (Fsp3) is 0.167. The Hall–Kier alpha value is -1.56. The molecule has 0 fully saturated rings. The van der Waals surface area contributed by atoms with Crippen LogP contribution in [0.5, 0.6) is 0 Å². The van der Waals surface area contributed by atoms with Crippen LogP contribution >= 0.6 is 12.4 Å². The molecule has 6 nitrogen and oxygen atoms in total. The summed E-state index contributed by atoms with van der Waals surface area (Å²) in [6, 6.07) is 0. The summed E-state index contributed by atoms with van der Waals surface area (Å²) in [7, 11) is 0. The molecule has 0 aliphatic carbocycles. The van der Waals surface area contributed by atoms with E-state index in [0.717, 1.165) is 0 Å². The average Bonchev–Trinajstić information content (AvgIpc) is 2.51. The number of carboxylic acid groups (broad SMARTS) is 1. The summed E-state index contributed by atoms with van der Waals surface area (Å²) >= 11 is 0. The molecule has 1 aromatic heterocycles. The second-order valence-electron chi connectivity index (χ2n) is 2.01. The molecule has 0 aliphatic heterocycles. The van der Waals surface area contributed by atoms with Crippen molar-refractivity contribution in [3.05, 3.63) is 18.2 Å². The monoisotopic (exact) mass is 205 g/mol. The van der Waals surface area contributed by atoms with Gasteiger partial charge in [-0.3, -0.25) is 9.59 Å². The Morgan fingerprint density at radius 2 is 2.31 bits per heavy atom. The summed E-state index contributed by atoms with van der Waals surface area (Å²) < 4.78 is 0. The summed E-state index contributed by atoms with van der Waals surface area (Å²) in [5.74, 6) is -1.51. The highest BCUT2D eigenvalue weighted by molar-refractivity contribution is 5.92. The zero-order valence-electron chi connectivity index (χ0n) is 6.48. The molecule has 0 aromatic carbocycles. The number of H-pyrrole nitrogens is 1. The van der Waals surface area contributed by atoms with Crippen LogP contribution in [0.15, 0.2) is 12.4 Å². The van der Waals surface area contributed by atoms with Gasteiger partial charge in [-0.25, -0.2) is 4.98 Å². The molecule has 0 aliphatic rings. The summed E-state index contributed by atoms with van der Waals surface area (Å²) in [5.41, 5.74) is 0. The average molecular weight is 206 g/mol. The highest BCUT2D eigenvalue weighted by atomic mass is 35.5. The van der Waals surface area contributed by atoms with Crippen molar-refractivity contribution in [3.8, 4) is 0 Å². The van der Waals surface area contributed by atoms with Crippen molar-refractivity contribution in [3.63, 3.8) is 0 Å². The van der Waals surface area contributed by atoms with E-state index in [2.05, 4.69) is 15.3 Å². The first-order chi connectivity index (χ1) is 5.70. The lowest BCUT2D eigenvalue weighted by Crippen LogP contribution is -2.29. The van der Waals surface area contributed by atoms with Crippen LogP contribution in [0.4, 0.5) is 0 Å². The second kappa shape index (κ2) is 5.15. The third-order valence-electron chi connectivity index (χ3n) is 1.11. The lowest BCUT2D eigenvalue weighted by atomic mass is 10.5. The van der Waals surface area contributed by atoms with E-state index in [9.17, 15) is 9.59 Å². The van der Waals surface area contributed by atoms with Gasteiger partial charge in [0.2, 0.25) is 0 Å². The number of nitrogens with one attached hydrogen (secondary N) is 2. The lowest BCUT2D eigenvalue weighted by molar-refractivity contribution is -0.135. The van der Waals surface area contributed by atoms with Gasteiger partial charge >= 0.3 is 5.97 Å². The third kappa shape index (κ3) is 3.57. The zero-order chi connectivity index (χ0) is 8.97. The van der Waals surface area contributed by atoms with Gasteiger partial charge in [0.15, 0.2) is 5.82 Å². The number of imidazole rings is 1. The predicted octanol–water partition coefficient (Wildman–Crippen LogP) is -0.354. The molecule has 13 heavy (non-hydrogen) atoms. The molecule has 0 bridgehead atoms. The minimum Gasteiger partial charge on any atom is -0.480 e. The number of carboxylic acids is 1. The van der Waals surface area contributed by atoms with Crippen LogP contribution in [0.2, 0.25) is 0 Å². The number of halogens is 1. The van der Waals surface area contributed by atoms with Gasteiger partial charge in [-0.15, -0.1) is 12.4 Å². The zero-order valence-corrected chi connectivity index (χ0v) is 7.30. The number of hydrogen-bond acceptors (Lipinski definition) is 3. The van der Waals surface area contributed by atoms with Crippen LogP contribution in [-0.2, 0) is 4.79 Å². The number of aliphatic carboxylic acids is 1. The number of carbonyl (C=O) groups is 2. The van der Waals surface area contributed by atoms with E-state index >= 15 is 0 Å². The largest absolute Gasteiger partial charge is 0.480 e. The predicted molar refractivity (Wildman–Crippen MR) is 45.8 cm³/mol. The van der Waals surface area contributed by atoms with Crippen molar-refractivity contribution in [2.24, 2.45) is 0 Å². The van der Waals surface area contributed by atoms with E-state index in [1.54, 1.807) is 0 Å². The maximum Gasteiger partial charge on any atom is 0.322 e. The number of amides is 1. The summed E-state index contributed by atoms with van der Waals surface area (Å²) in [5, 5.41) is 10.4. The first-order valence-corrected chi connectivity index (χ1v) is 3.19. The normalized spacial score (nSPS) is 8.62. The van der Waals surface area contributed by atoms with Crippen LogP contribution in [0, 0.1) is 0 Å². The van der Waals surface area contributed by atoms with Crippen LogP contribution in [0.3, 0.4) is 0 Å². The van der Waals surface area contributed by atoms with Crippen LogP contribution < -0.4 is 5.32 Å². The van der Waals surface area contributed by atoms with Crippen molar-refractivity contribution in [2.75, 3.05) is 6.54 Å². The van der Waals surface area contributed by atoms with Gasteiger partial charge in [0.1, 0.15) is 6.54 Å². The van der Waals surface area contributed by atoms with Crippen molar-refractivity contribution in [2.45, 2.75) is 0 Å². The van der Waals surface area contributed by atoms with E-state index in [1.807, 2.05) is 0 Å². The van der Waals surface area contributed by atoms with Gasteiger partial charge in [0.05, 0.1) is 0 Å². The van der Waals surface area contributed by atoms with E-state index in [1.165, 1.54) is 12.4 Å². The number of rotatable bonds is 3. The van der Waals surface area contributed by atoms with Gasteiger partial charge in [0, 0.05) is 12.4 Å². The molecule has 0 saturated carbocycles. The Morgan fingerprint density at radius 1 is 1.62 bits per heavy atom. The Labute approximate surface area is 79.8 Å².